The van der Waals surface area contributed by atoms with Gasteiger partial charge in [0.15, 0.2) is 0 Å². The molecule has 0 aliphatic heterocycles. The van der Waals surface area contributed by atoms with Gasteiger partial charge >= 0.3 is 0 Å². The molecule has 156 valence electrons. The van der Waals surface area contributed by atoms with E-state index in [1.165, 1.54) is 22.2 Å². The highest BCUT2D eigenvalue weighted by Crippen LogP contribution is 2.40. The van der Waals surface area contributed by atoms with Crippen molar-refractivity contribution in [2.75, 3.05) is 5.75 Å². The molecule has 2 N–H and O–H groups in total. The summed E-state index contributed by atoms with van der Waals surface area (Å²) in [4.78, 5) is 36.0. The number of nitrogens with zero attached hydrogens (tertiary/aromatic N) is 2. The number of hydrazine groups is 1. The van der Waals surface area contributed by atoms with Gasteiger partial charge in [0.05, 0.1) is 5.75 Å². The molecular formula is C21H21ClN4O2S2. The first-order valence-electron chi connectivity index (χ1n) is 9.67. The number of aromatic nitrogens is 2. The third-order valence-corrected chi connectivity index (χ3v) is 7.37. The largest absolute Gasteiger partial charge is 0.272 e. The Morgan fingerprint density at radius 1 is 1.23 bits per heavy atom. The van der Waals surface area contributed by atoms with Gasteiger partial charge in [-0.2, -0.15) is 0 Å². The first-order chi connectivity index (χ1) is 14.4. The molecule has 3 aromatic rings. The molecule has 1 aliphatic rings. The van der Waals surface area contributed by atoms with E-state index in [-0.39, 0.29) is 11.7 Å². The van der Waals surface area contributed by atoms with Crippen LogP contribution in [0.5, 0.6) is 0 Å². The summed E-state index contributed by atoms with van der Waals surface area (Å²) in [6.45, 7) is 4.15. The maximum Gasteiger partial charge on any atom is 0.269 e. The average Bonchev–Trinajstić information content (AvgIpc) is 3.07. The quantitative estimate of drug-likeness (QED) is 0.344. The minimum absolute atomic E-state index is 0.146. The van der Waals surface area contributed by atoms with Crippen molar-refractivity contribution in [2.45, 2.75) is 38.1 Å². The van der Waals surface area contributed by atoms with Crippen molar-refractivity contribution >= 4 is 56.7 Å². The lowest BCUT2D eigenvalue weighted by atomic mass is 9.89. The van der Waals surface area contributed by atoms with Crippen molar-refractivity contribution in [1.29, 1.82) is 0 Å². The molecule has 0 unspecified atom stereocenters. The van der Waals surface area contributed by atoms with E-state index < -0.39 is 5.91 Å². The zero-order valence-electron chi connectivity index (χ0n) is 16.6. The van der Waals surface area contributed by atoms with Crippen LogP contribution in [0, 0.1) is 12.8 Å². The predicted octanol–water partition coefficient (Wildman–Crippen LogP) is 4.33. The number of aryl methyl sites for hydroxylation is 2. The number of thioether (sulfide) groups is 1. The fourth-order valence-corrected chi connectivity index (χ4v) is 6.00. The monoisotopic (exact) mass is 460 g/mol. The summed E-state index contributed by atoms with van der Waals surface area (Å²) in [6.07, 6.45) is 3.27. The second-order valence-corrected chi connectivity index (χ2v) is 9.89. The minimum Gasteiger partial charge on any atom is -0.272 e. The van der Waals surface area contributed by atoms with Gasteiger partial charge in [0.1, 0.15) is 15.7 Å². The van der Waals surface area contributed by atoms with Crippen LogP contribution >= 0.6 is 34.7 Å². The maximum atomic E-state index is 12.3. The number of fused-ring (bicyclic) bond motifs is 3. The highest BCUT2D eigenvalue weighted by molar-refractivity contribution is 8.00. The van der Waals surface area contributed by atoms with Crippen LogP contribution < -0.4 is 10.9 Å². The number of benzene rings is 1. The zero-order chi connectivity index (χ0) is 21.3. The van der Waals surface area contributed by atoms with Crippen LogP contribution in [0.3, 0.4) is 0 Å². The Morgan fingerprint density at radius 2 is 2.00 bits per heavy atom. The highest BCUT2D eigenvalue weighted by atomic mass is 35.5. The molecule has 30 heavy (non-hydrogen) atoms. The Balaban J connectivity index is 1.42. The predicted molar refractivity (Wildman–Crippen MR) is 121 cm³/mol. The number of carbonyl (C=O) groups excluding carboxylic acids is 2. The van der Waals surface area contributed by atoms with E-state index in [1.807, 2.05) is 6.92 Å². The van der Waals surface area contributed by atoms with Crippen LogP contribution in [0.1, 0.15) is 40.0 Å². The normalized spacial score (nSPS) is 15.6. The summed E-state index contributed by atoms with van der Waals surface area (Å²) in [5, 5.41) is 2.47. The van der Waals surface area contributed by atoms with Crippen LogP contribution in [0.2, 0.25) is 5.02 Å². The SMILES string of the molecule is Cc1nc(SCC(=O)NNC(=O)c2ccc(Cl)cc2)c2c3c(sc2n1)C[C@@H](C)CC3. The van der Waals surface area contributed by atoms with E-state index in [1.54, 1.807) is 35.6 Å². The topological polar surface area (TPSA) is 84.0 Å². The molecule has 1 aliphatic carbocycles. The molecule has 2 amide bonds. The molecule has 0 saturated heterocycles. The summed E-state index contributed by atoms with van der Waals surface area (Å²) in [5.41, 5.74) is 6.64. The van der Waals surface area contributed by atoms with Gasteiger partial charge in [0, 0.05) is 20.8 Å². The lowest BCUT2D eigenvalue weighted by Crippen LogP contribution is -2.42. The Hall–Kier alpha value is -2.16. The molecule has 0 saturated carbocycles. The van der Waals surface area contributed by atoms with Gasteiger partial charge in [-0.25, -0.2) is 9.97 Å². The molecule has 0 radical (unpaired) electrons. The fourth-order valence-electron chi connectivity index (χ4n) is 3.48. The lowest BCUT2D eigenvalue weighted by Gasteiger charge is -2.18. The molecular weight excluding hydrogens is 440 g/mol. The number of hydrogen-bond acceptors (Lipinski definition) is 6. The molecule has 2 heterocycles. The highest BCUT2D eigenvalue weighted by Gasteiger charge is 2.24. The van der Waals surface area contributed by atoms with Crippen LogP contribution in [0.4, 0.5) is 0 Å². The van der Waals surface area contributed by atoms with Crippen molar-refractivity contribution in [1.82, 2.24) is 20.8 Å². The van der Waals surface area contributed by atoms with Gasteiger partial charge in [0.25, 0.3) is 5.91 Å². The van der Waals surface area contributed by atoms with E-state index in [9.17, 15) is 9.59 Å². The van der Waals surface area contributed by atoms with Crippen LogP contribution in [-0.2, 0) is 17.6 Å². The number of halogens is 1. The first-order valence-corrected chi connectivity index (χ1v) is 11.8. The maximum absolute atomic E-state index is 12.3. The summed E-state index contributed by atoms with van der Waals surface area (Å²) in [7, 11) is 0. The van der Waals surface area contributed by atoms with Crippen molar-refractivity contribution in [3.63, 3.8) is 0 Å². The lowest BCUT2D eigenvalue weighted by molar-refractivity contribution is -0.119. The Labute approximate surface area is 187 Å². The second kappa shape index (κ2) is 8.91. The third-order valence-electron chi connectivity index (χ3n) is 5.00. The molecule has 1 atom stereocenters. The van der Waals surface area contributed by atoms with E-state index in [4.69, 9.17) is 11.6 Å². The summed E-state index contributed by atoms with van der Waals surface area (Å²) < 4.78 is 0. The smallest absolute Gasteiger partial charge is 0.269 e. The number of carbonyl (C=O) groups is 2. The van der Waals surface area contributed by atoms with Crippen molar-refractivity contribution in [3.05, 3.63) is 51.1 Å². The fraction of sp³-hybridized carbons (Fsp3) is 0.333. The Morgan fingerprint density at radius 3 is 2.77 bits per heavy atom. The molecule has 9 heteroatoms. The zero-order valence-corrected chi connectivity index (χ0v) is 19.0. The summed E-state index contributed by atoms with van der Waals surface area (Å²) in [6, 6.07) is 6.44. The third kappa shape index (κ3) is 4.61. The molecule has 0 bridgehead atoms. The molecule has 1 aromatic carbocycles. The van der Waals surface area contributed by atoms with Crippen molar-refractivity contribution in [3.8, 4) is 0 Å². The number of amides is 2. The minimum atomic E-state index is -0.397. The van der Waals surface area contributed by atoms with Gasteiger partial charge in [-0.1, -0.05) is 30.3 Å². The van der Waals surface area contributed by atoms with Crippen LogP contribution in [0.25, 0.3) is 10.2 Å². The van der Waals surface area contributed by atoms with Gasteiger partial charge in [-0.3, -0.25) is 20.4 Å². The van der Waals surface area contributed by atoms with Gasteiger partial charge in [-0.15, -0.1) is 11.3 Å². The van der Waals surface area contributed by atoms with Crippen LogP contribution in [0.15, 0.2) is 29.3 Å². The molecule has 4 rings (SSSR count). The van der Waals surface area contributed by atoms with E-state index in [2.05, 4.69) is 27.7 Å². The molecule has 2 aromatic heterocycles. The Bertz CT molecular complexity index is 1110. The first kappa shape index (κ1) is 21.1. The van der Waals surface area contributed by atoms with Crippen molar-refractivity contribution in [2.24, 2.45) is 5.92 Å². The van der Waals surface area contributed by atoms with Gasteiger partial charge < -0.3 is 0 Å². The van der Waals surface area contributed by atoms with Crippen LogP contribution in [-0.4, -0.2) is 27.5 Å². The van der Waals surface area contributed by atoms with E-state index in [0.29, 0.717) is 22.3 Å². The van der Waals surface area contributed by atoms with Gasteiger partial charge in [-0.05, 0) is 61.9 Å². The van der Waals surface area contributed by atoms with E-state index >= 15 is 0 Å². The number of thiophene rings is 1. The summed E-state index contributed by atoms with van der Waals surface area (Å²) in [5.74, 6) is 0.836. The van der Waals surface area contributed by atoms with E-state index in [0.717, 1.165) is 34.5 Å². The Kier molecular flexibility index (Phi) is 6.26. The number of rotatable bonds is 4. The van der Waals surface area contributed by atoms with Crippen molar-refractivity contribution < 1.29 is 9.59 Å². The molecule has 0 spiro atoms. The average molecular weight is 461 g/mol. The number of hydrogen-bond donors (Lipinski definition) is 2. The molecule has 6 nitrogen and oxygen atoms in total. The standard InChI is InChI=1S/C21H21ClN4O2S2/c1-11-3-8-15-16(9-11)30-21-18(15)20(23-12(2)24-21)29-10-17(27)25-26-19(28)13-4-6-14(22)7-5-13/h4-7,11H,3,8-10H2,1-2H3,(H,25,27)(H,26,28)/t11-/m0/s1. The molecule has 0 fully saturated rings. The summed E-state index contributed by atoms with van der Waals surface area (Å²) >= 11 is 8.95. The van der Waals surface area contributed by atoms with Gasteiger partial charge in [0.2, 0.25) is 5.91 Å². The second-order valence-electron chi connectivity index (χ2n) is 7.41. The number of nitrogens with one attached hydrogen (secondary N) is 2.